The van der Waals surface area contributed by atoms with Gasteiger partial charge in [-0.1, -0.05) is 19.3 Å². The third-order valence-corrected chi connectivity index (χ3v) is 6.70. The standard InChI is InChI=1S/C14H25NO4S/c1-2-19-14(16)12-7-6-10-15(11-12)20(17,18)13-8-4-3-5-9-13/h12-13H,2-11H2,1H3. The van der Waals surface area contributed by atoms with Crippen LogP contribution in [0, 0.1) is 5.92 Å². The van der Waals surface area contributed by atoms with E-state index >= 15 is 0 Å². The van der Waals surface area contributed by atoms with Crippen molar-refractivity contribution in [1.29, 1.82) is 0 Å². The van der Waals surface area contributed by atoms with Gasteiger partial charge in [0, 0.05) is 13.1 Å². The maximum absolute atomic E-state index is 12.6. The van der Waals surface area contributed by atoms with Gasteiger partial charge in [0.05, 0.1) is 17.8 Å². The van der Waals surface area contributed by atoms with Gasteiger partial charge in [-0.2, -0.15) is 0 Å². The summed E-state index contributed by atoms with van der Waals surface area (Å²) in [6.07, 6.45) is 6.15. The summed E-state index contributed by atoms with van der Waals surface area (Å²) >= 11 is 0. The summed E-state index contributed by atoms with van der Waals surface area (Å²) in [7, 11) is -3.24. The Balaban J connectivity index is 2.01. The van der Waals surface area contributed by atoms with Crippen LogP contribution in [0.2, 0.25) is 0 Å². The summed E-state index contributed by atoms with van der Waals surface area (Å²) in [6, 6.07) is 0. The van der Waals surface area contributed by atoms with Crippen molar-refractivity contribution in [3.05, 3.63) is 0 Å². The molecule has 2 rings (SSSR count). The van der Waals surface area contributed by atoms with Gasteiger partial charge in [-0.15, -0.1) is 0 Å². The average molecular weight is 303 g/mol. The highest BCUT2D eigenvalue weighted by Crippen LogP contribution is 2.29. The van der Waals surface area contributed by atoms with E-state index in [0.717, 1.165) is 44.9 Å². The molecule has 1 unspecified atom stereocenters. The van der Waals surface area contributed by atoms with Crippen molar-refractivity contribution in [3.63, 3.8) is 0 Å². The van der Waals surface area contributed by atoms with Crippen LogP contribution in [-0.4, -0.2) is 43.6 Å². The van der Waals surface area contributed by atoms with Gasteiger partial charge in [0.1, 0.15) is 0 Å². The lowest BCUT2D eigenvalue weighted by Gasteiger charge is -2.34. The molecule has 1 saturated carbocycles. The molecule has 1 aliphatic carbocycles. The second-order valence-corrected chi connectivity index (χ2v) is 7.97. The second-order valence-electron chi connectivity index (χ2n) is 5.75. The number of carbonyl (C=O) groups excluding carboxylic acids is 1. The zero-order chi connectivity index (χ0) is 14.6. The molecule has 1 aliphatic heterocycles. The summed E-state index contributed by atoms with van der Waals surface area (Å²) in [5, 5.41) is -0.239. The molecule has 0 aromatic carbocycles. The number of piperidine rings is 1. The topological polar surface area (TPSA) is 63.7 Å². The highest BCUT2D eigenvalue weighted by molar-refractivity contribution is 7.89. The van der Waals surface area contributed by atoms with E-state index in [1.54, 1.807) is 6.92 Å². The number of hydrogen-bond acceptors (Lipinski definition) is 4. The Morgan fingerprint density at radius 3 is 2.50 bits per heavy atom. The van der Waals surface area contributed by atoms with E-state index in [1.165, 1.54) is 4.31 Å². The molecular formula is C14H25NO4S. The molecule has 2 fully saturated rings. The molecule has 0 amide bonds. The van der Waals surface area contributed by atoms with Crippen LogP contribution in [0.3, 0.4) is 0 Å². The van der Waals surface area contributed by atoms with Gasteiger partial charge in [-0.3, -0.25) is 4.79 Å². The molecule has 2 aliphatic rings. The summed E-state index contributed by atoms with van der Waals surface area (Å²) in [5.74, 6) is -0.543. The van der Waals surface area contributed by atoms with Gasteiger partial charge < -0.3 is 4.74 Å². The van der Waals surface area contributed by atoms with Crippen LogP contribution >= 0.6 is 0 Å². The summed E-state index contributed by atoms with van der Waals surface area (Å²) < 4.78 is 31.8. The van der Waals surface area contributed by atoms with E-state index in [1.807, 2.05) is 0 Å². The number of carbonyl (C=O) groups is 1. The molecule has 6 heteroatoms. The fourth-order valence-corrected chi connectivity index (χ4v) is 5.32. The van der Waals surface area contributed by atoms with Crippen LogP contribution < -0.4 is 0 Å². The minimum absolute atomic E-state index is 0.239. The molecule has 5 nitrogen and oxygen atoms in total. The Hall–Kier alpha value is -0.620. The van der Waals surface area contributed by atoms with Gasteiger partial charge in [0.15, 0.2) is 0 Å². The van der Waals surface area contributed by atoms with Crippen molar-refractivity contribution in [3.8, 4) is 0 Å². The van der Waals surface area contributed by atoms with Crippen molar-refractivity contribution >= 4 is 16.0 Å². The van der Waals surface area contributed by atoms with Crippen molar-refractivity contribution in [2.75, 3.05) is 19.7 Å². The monoisotopic (exact) mass is 303 g/mol. The number of sulfonamides is 1. The number of rotatable bonds is 4. The normalized spacial score (nSPS) is 26.4. The summed E-state index contributed by atoms with van der Waals surface area (Å²) in [5.41, 5.74) is 0. The van der Waals surface area contributed by atoms with Gasteiger partial charge in [-0.05, 0) is 32.6 Å². The zero-order valence-corrected chi connectivity index (χ0v) is 13.0. The quantitative estimate of drug-likeness (QED) is 0.744. The van der Waals surface area contributed by atoms with Crippen molar-refractivity contribution in [1.82, 2.24) is 4.31 Å². The minimum atomic E-state index is -3.24. The number of ether oxygens (including phenoxy) is 1. The van der Waals surface area contributed by atoms with Gasteiger partial charge in [0.25, 0.3) is 0 Å². The first-order valence-corrected chi connectivity index (χ1v) is 9.21. The molecular weight excluding hydrogens is 278 g/mol. The Kier molecular flexibility index (Phi) is 5.43. The minimum Gasteiger partial charge on any atom is -0.466 e. The van der Waals surface area contributed by atoms with E-state index in [-0.39, 0.29) is 17.1 Å². The molecule has 20 heavy (non-hydrogen) atoms. The molecule has 0 aromatic rings. The van der Waals surface area contributed by atoms with E-state index in [4.69, 9.17) is 4.74 Å². The first kappa shape index (κ1) is 15.8. The zero-order valence-electron chi connectivity index (χ0n) is 12.2. The predicted molar refractivity (Wildman–Crippen MR) is 76.7 cm³/mol. The predicted octanol–water partition coefficient (Wildman–Crippen LogP) is 1.92. The molecule has 0 N–H and O–H groups in total. The van der Waals surface area contributed by atoms with E-state index in [9.17, 15) is 13.2 Å². The SMILES string of the molecule is CCOC(=O)C1CCCN(S(=O)(=O)C2CCCCC2)C1. The first-order valence-electron chi connectivity index (χ1n) is 7.71. The average Bonchev–Trinajstić information content (AvgIpc) is 2.48. The Morgan fingerprint density at radius 1 is 1.15 bits per heavy atom. The lowest BCUT2D eigenvalue weighted by Crippen LogP contribution is -2.46. The van der Waals surface area contributed by atoms with Crippen molar-refractivity contribution < 1.29 is 17.9 Å². The smallest absolute Gasteiger partial charge is 0.310 e. The van der Waals surface area contributed by atoms with Crippen molar-refractivity contribution in [2.45, 2.75) is 57.1 Å². The van der Waals surface area contributed by atoms with E-state index in [0.29, 0.717) is 19.7 Å². The fraction of sp³-hybridized carbons (Fsp3) is 0.929. The molecule has 1 atom stereocenters. The van der Waals surface area contributed by atoms with Crippen LogP contribution in [0.25, 0.3) is 0 Å². The Morgan fingerprint density at radius 2 is 1.85 bits per heavy atom. The Bertz CT molecular complexity index is 428. The fourth-order valence-electron chi connectivity index (χ4n) is 3.20. The summed E-state index contributed by atoms with van der Waals surface area (Å²) in [4.78, 5) is 11.8. The third kappa shape index (κ3) is 3.52. The molecule has 116 valence electrons. The van der Waals surface area contributed by atoms with Crippen molar-refractivity contribution in [2.24, 2.45) is 5.92 Å². The highest BCUT2D eigenvalue weighted by Gasteiger charge is 2.37. The molecule has 0 bridgehead atoms. The van der Waals surface area contributed by atoms with Crippen LogP contribution in [0.5, 0.6) is 0 Å². The molecule has 0 radical (unpaired) electrons. The van der Waals surface area contributed by atoms with Gasteiger partial charge in [0.2, 0.25) is 10.0 Å². The molecule has 0 aromatic heterocycles. The van der Waals surface area contributed by atoms with Crippen LogP contribution in [0.15, 0.2) is 0 Å². The molecule has 1 saturated heterocycles. The Labute approximate surface area is 121 Å². The summed E-state index contributed by atoms with van der Waals surface area (Å²) in [6.45, 7) is 2.98. The second kappa shape index (κ2) is 6.89. The maximum Gasteiger partial charge on any atom is 0.310 e. The van der Waals surface area contributed by atoms with E-state index in [2.05, 4.69) is 0 Å². The largest absolute Gasteiger partial charge is 0.466 e. The maximum atomic E-state index is 12.6. The van der Waals surface area contributed by atoms with Crippen LogP contribution in [0.4, 0.5) is 0 Å². The number of esters is 1. The third-order valence-electron chi connectivity index (χ3n) is 4.34. The van der Waals surface area contributed by atoms with Crippen LogP contribution in [0.1, 0.15) is 51.9 Å². The van der Waals surface area contributed by atoms with Crippen LogP contribution in [-0.2, 0) is 19.6 Å². The molecule has 0 spiro atoms. The number of nitrogens with zero attached hydrogens (tertiary/aromatic N) is 1. The molecule has 1 heterocycles. The lowest BCUT2D eigenvalue weighted by atomic mass is 10.00. The first-order chi connectivity index (χ1) is 9.55. The van der Waals surface area contributed by atoms with Gasteiger partial charge in [-0.25, -0.2) is 12.7 Å². The highest BCUT2D eigenvalue weighted by atomic mass is 32.2. The number of hydrogen-bond donors (Lipinski definition) is 0. The van der Waals surface area contributed by atoms with E-state index < -0.39 is 10.0 Å². The van der Waals surface area contributed by atoms with Gasteiger partial charge >= 0.3 is 5.97 Å². The lowest BCUT2D eigenvalue weighted by molar-refractivity contribution is -0.149.